The smallest absolute Gasteiger partial charge is 0.159 e. The highest BCUT2D eigenvalue weighted by Gasteiger charge is 2.25. The lowest BCUT2D eigenvalue weighted by Gasteiger charge is -2.37. The van der Waals surface area contributed by atoms with E-state index in [1.54, 1.807) is 30.6 Å². The molecule has 0 saturated carbocycles. The van der Waals surface area contributed by atoms with Crippen LogP contribution < -0.4 is 10.6 Å². The molecule has 2 aromatic carbocycles. The number of imidazole rings is 1. The van der Waals surface area contributed by atoms with E-state index in [2.05, 4.69) is 42.6 Å². The number of aromatic amines is 2. The fourth-order valence-electron chi connectivity index (χ4n) is 5.51. The predicted octanol–water partition coefficient (Wildman–Crippen LogP) is 5.12. The van der Waals surface area contributed by atoms with Crippen molar-refractivity contribution in [3.8, 4) is 22.8 Å². The van der Waals surface area contributed by atoms with E-state index in [1.165, 1.54) is 0 Å². The molecule has 1 aliphatic rings. The Morgan fingerprint density at radius 3 is 2.77 bits per heavy atom. The fourth-order valence-corrected chi connectivity index (χ4v) is 5.51. The molecule has 4 N–H and O–H groups in total. The quantitative estimate of drug-likeness (QED) is 0.197. The van der Waals surface area contributed by atoms with E-state index in [4.69, 9.17) is 15.7 Å². The van der Waals surface area contributed by atoms with E-state index in [-0.39, 0.29) is 11.9 Å². The van der Waals surface area contributed by atoms with Crippen molar-refractivity contribution in [2.24, 2.45) is 5.73 Å². The van der Waals surface area contributed by atoms with Crippen molar-refractivity contribution < 1.29 is 4.39 Å². The first kappa shape index (κ1) is 28.4. The summed E-state index contributed by atoms with van der Waals surface area (Å²) in [6.45, 7) is 8.36. The summed E-state index contributed by atoms with van der Waals surface area (Å²) >= 11 is 0. The maximum absolute atomic E-state index is 14.8. The number of nitrogens with two attached hydrogens (primary N) is 1. The van der Waals surface area contributed by atoms with Gasteiger partial charge in [0.1, 0.15) is 17.3 Å². The van der Waals surface area contributed by atoms with Crippen LogP contribution in [0.5, 0.6) is 0 Å². The van der Waals surface area contributed by atoms with Gasteiger partial charge in [0.15, 0.2) is 5.82 Å². The molecular weight excluding hydrogens is 541 g/mol. The van der Waals surface area contributed by atoms with Gasteiger partial charge in [-0.1, -0.05) is 30.9 Å². The number of hydrogen-bond donors (Lipinski definition) is 3. The number of nitrogens with zero attached hydrogens (tertiary/aromatic N) is 6. The number of hydrogen-bond acceptors (Lipinski definition) is 7. The SMILES string of the molecule is C=C/C=C(/c1cc(F)cc(CCCN(C)C)c1)c1nc(-c2n[nH]c3ccc(-c4cncc(N5CC(N)C5)n4)cc23)[nH]c1C. The van der Waals surface area contributed by atoms with E-state index in [1.807, 2.05) is 45.3 Å². The second kappa shape index (κ2) is 11.9. The summed E-state index contributed by atoms with van der Waals surface area (Å²) < 4.78 is 14.8. The van der Waals surface area contributed by atoms with Crippen molar-refractivity contribution in [2.45, 2.75) is 25.8 Å². The maximum Gasteiger partial charge on any atom is 0.159 e. The first-order valence-electron chi connectivity index (χ1n) is 14.4. The molecular formula is C33H36FN9. The van der Waals surface area contributed by atoms with E-state index in [0.29, 0.717) is 11.5 Å². The monoisotopic (exact) mass is 577 g/mol. The second-order valence-electron chi connectivity index (χ2n) is 11.4. The van der Waals surface area contributed by atoms with Gasteiger partial charge in [0.25, 0.3) is 0 Å². The van der Waals surface area contributed by atoms with E-state index in [0.717, 1.165) is 88.5 Å². The fraction of sp³-hybridized carbons (Fsp3) is 0.273. The van der Waals surface area contributed by atoms with E-state index < -0.39 is 0 Å². The van der Waals surface area contributed by atoms with Crippen molar-refractivity contribution in [1.29, 1.82) is 0 Å². The Hall–Kier alpha value is -4.67. The van der Waals surface area contributed by atoms with Gasteiger partial charge in [0.05, 0.1) is 29.3 Å². The summed E-state index contributed by atoms with van der Waals surface area (Å²) in [4.78, 5) is 21.9. The molecule has 0 atom stereocenters. The number of allylic oxidation sites excluding steroid dienone is 2. The zero-order valence-electron chi connectivity index (χ0n) is 24.7. The molecule has 1 saturated heterocycles. The zero-order chi connectivity index (χ0) is 30.1. The average Bonchev–Trinajstić information content (AvgIpc) is 3.56. The molecule has 3 aromatic heterocycles. The van der Waals surface area contributed by atoms with Crippen LogP contribution in [0.25, 0.3) is 39.3 Å². The van der Waals surface area contributed by atoms with Gasteiger partial charge in [-0.3, -0.25) is 10.1 Å². The molecule has 43 heavy (non-hydrogen) atoms. The number of aromatic nitrogens is 6. The minimum Gasteiger partial charge on any atom is -0.352 e. The number of benzene rings is 2. The number of nitrogens with one attached hydrogen (secondary N) is 2. The first-order valence-corrected chi connectivity index (χ1v) is 14.4. The molecule has 220 valence electrons. The first-order chi connectivity index (χ1) is 20.8. The number of rotatable bonds is 10. The summed E-state index contributed by atoms with van der Waals surface area (Å²) in [5, 5.41) is 8.63. The van der Waals surface area contributed by atoms with Crippen LogP contribution in [0.2, 0.25) is 0 Å². The maximum atomic E-state index is 14.8. The van der Waals surface area contributed by atoms with Crippen molar-refractivity contribution in [3.63, 3.8) is 0 Å². The minimum atomic E-state index is -0.268. The van der Waals surface area contributed by atoms with Gasteiger partial charge < -0.3 is 20.5 Å². The van der Waals surface area contributed by atoms with Crippen molar-refractivity contribution >= 4 is 22.3 Å². The molecule has 0 bridgehead atoms. The van der Waals surface area contributed by atoms with Crippen molar-refractivity contribution in [3.05, 3.63) is 95.9 Å². The van der Waals surface area contributed by atoms with Gasteiger partial charge in [-0.25, -0.2) is 14.4 Å². The third kappa shape index (κ3) is 5.97. The van der Waals surface area contributed by atoms with Crippen LogP contribution >= 0.6 is 0 Å². The van der Waals surface area contributed by atoms with Gasteiger partial charge >= 0.3 is 0 Å². The van der Waals surface area contributed by atoms with Crippen LogP contribution in [0.3, 0.4) is 0 Å². The molecule has 0 aliphatic carbocycles. The molecule has 0 amide bonds. The Morgan fingerprint density at radius 1 is 1.16 bits per heavy atom. The summed E-state index contributed by atoms with van der Waals surface area (Å²) in [7, 11) is 4.08. The Kier molecular flexibility index (Phi) is 7.88. The number of anilines is 1. The number of halogens is 1. The van der Waals surface area contributed by atoms with Crippen LogP contribution in [-0.2, 0) is 6.42 Å². The summed E-state index contributed by atoms with van der Waals surface area (Å²) in [5.41, 5.74) is 13.3. The van der Waals surface area contributed by atoms with Crippen LogP contribution in [0.4, 0.5) is 10.2 Å². The number of H-pyrrole nitrogens is 2. The third-order valence-corrected chi connectivity index (χ3v) is 7.70. The molecule has 5 aromatic rings. The molecule has 0 radical (unpaired) electrons. The Balaban J connectivity index is 1.34. The number of aryl methyl sites for hydroxylation is 2. The lowest BCUT2D eigenvalue weighted by Crippen LogP contribution is -2.56. The average molecular weight is 578 g/mol. The Morgan fingerprint density at radius 2 is 2.00 bits per heavy atom. The summed E-state index contributed by atoms with van der Waals surface area (Å²) in [6, 6.07) is 11.4. The van der Waals surface area contributed by atoms with Gasteiger partial charge in [-0.15, -0.1) is 0 Å². The number of fused-ring (bicyclic) bond motifs is 1. The second-order valence-corrected chi connectivity index (χ2v) is 11.4. The Labute approximate surface area is 250 Å². The molecule has 1 fully saturated rings. The third-order valence-electron chi connectivity index (χ3n) is 7.70. The minimum absolute atomic E-state index is 0.176. The van der Waals surface area contributed by atoms with E-state index >= 15 is 0 Å². The molecule has 10 heteroatoms. The zero-order valence-corrected chi connectivity index (χ0v) is 24.7. The van der Waals surface area contributed by atoms with E-state index in [9.17, 15) is 4.39 Å². The largest absolute Gasteiger partial charge is 0.352 e. The normalized spacial score (nSPS) is 14.1. The van der Waals surface area contributed by atoms with Crippen LogP contribution in [0.15, 0.2) is 67.5 Å². The van der Waals surface area contributed by atoms with Crippen molar-refractivity contribution in [2.75, 3.05) is 38.6 Å². The Bertz CT molecular complexity index is 1810. The highest BCUT2D eigenvalue weighted by Crippen LogP contribution is 2.33. The standard InChI is InChI=1S/C33H36FN9/c1-5-7-26(23-12-21(13-24(34)14-23)8-6-11-42(3)4)31-20(2)37-33(39-31)32-27-15-22(9-10-28(27)40-41-32)29-16-36-17-30(38-29)43-18-25(35)19-43/h5,7,9-10,12-17,25H,1,6,8,11,18-19,35H2,2-4H3,(H,37,39)(H,40,41)/b26-7-. The highest BCUT2D eigenvalue weighted by molar-refractivity contribution is 5.94. The summed E-state index contributed by atoms with van der Waals surface area (Å²) in [6.07, 6.45) is 8.85. The predicted molar refractivity (Wildman–Crippen MR) is 170 cm³/mol. The van der Waals surface area contributed by atoms with Gasteiger partial charge in [-0.05, 0) is 75.8 Å². The molecule has 9 nitrogen and oxygen atoms in total. The molecule has 0 unspecified atom stereocenters. The van der Waals surface area contributed by atoms with Gasteiger partial charge in [0, 0.05) is 41.3 Å². The van der Waals surface area contributed by atoms with Gasteiger partial charge in [0.2, 0.25) is 0 Å². The molecule has 1 aliphatic heterocycles. The van der Waals surface area contributed by atoms with Gasteiger partial charge in [-0.2, -0.15) is 5.10 Å². The lowest BCUT2D eigenvalue weighted by molar-refractivity contribution is 0.400. The van der Waals surface area contributed by atoms with Crippen LogP contribution in [0, 0.1) is 12.7 Å². The van der Waals surface area contributed by atoms with Crippen molar-refractivity contribution in [1.82, 2.24) is 35.0 Å². The lowest BCUT2D eigenvalue weighted by atomic mass is 9.97. The molecule has 0 spiro atoms. The molecule has 6 rings (SSSR count). The van der Waals surface area contributed by atoms with Crippen LogP contribution in [0.1, 0.15) is 28.9 Å². The highest BCUT2D eigenvalue weighted by atomic mass is 19.1. The van der Waals surface area contributed by atoms with Crippen LogP contribution in [-0.4, -0.2) is 74.8 Å². The topological polar surface area (TPSA) is 116 Å². The molecule has 4 heterocycles. The summed E-state index contributed by atoms with van der Waals surface area (Å²) in [5.74, 6) is 1.16.